The van der Waals surface area contributed by atoms with Crippen molar-refractivity contribution in [3.8, 4) is 0 Å². The summed E-state index contributed by atoms with van der Waals surface area (Å²) < 4.78 is 6.25. The molecule has 0 unspecified atom stereocenters. The highest BCUT2D eigenvalue weighted by Gasteiger charge is 2.23. The molecule has 2 aromatic heterocycles. The van der Waals surface area contributed by atoms with Crippen LogP contribution in [-0.4, -0.2) is 41.2 Å². The Kier molecular flexibility index (Phi) is 5.04. The lowest BCUT2D eigenvalue weighted by Crippen LogP contribution is -2.47. The number of fused-ring (bicyclic) bond motifs is 2. The largest absolute Gasteiger partial charge is 0.380 e. The van der Waals surface area contributed by atoms with Gasteiger partial charge in [-0.2, -0.15) is 0 Å². The highest BCUT2D eigenvalue weighted by Crippen LogP contribution is 2.27. The predicted octanol–water partition coefficient (Wildman–Crippen LogP) is 3.62. The average Bonchev–Trinajstić information content (AvgIpc) is 3.19. The van der Waals surface area contributed by atoms with E-state index < -0.39 is 0 Å². The maximum absolute atomic E-state index is 13.0. The van der Waals surface area contributed by atoms with Gasteiger partial charge in [0.2, 0.25) is 5.95 Å². The van der Waals surface area contributed by atoms with Gasteiger partial charge in [-0.1, -0.05) is 30.3 Å². The van der Waals surface area contributed by atoms with E-state index in [1.54, 1.807) is 6.20 Å². The standard InChI is InChI=1S/C22H21N5O2S/c23-17-11-29-8-7-18(17)26-22-24-10-19-20(27-22)16(12-30-19)21(28)25-15-6-5-13-3-1-2-4-14(13)9-15/h1-6,9-10,12,17-18H,7-8,11,23H2,(H,25,28)(H,24,26,27)/t17-,18+/m0/s1. The summed E-state index contributed by atoms with van der Waals surface area (Å²) in [6.45, 7) is 1.17. The molecule has 30 heavy (non-hydrogen) atoms. The zero-order valence-corrected chi connectivity index (χ0v) is 17.0. The minimum absolute atomic E-state index is 0.0460. The molecule has 0 spiro atoms. The molecule has 1 aliphatic rings. The fraction of sp³-hybridized carbons (Fsp3) is 0.227. The minimum Gasteiger partial charge on any atom is -0.380 e. The number of nitrogens with two attached hydrogens (primary N) is 1. The molecular weight excluding hydrogens is 398 g/mol. The lowest BCUT2D eigenvalue weighted by Gasteiger charge is -2.29. The molecule has 5 rings (SSSR count). The van der Waals surface area contributed by atoms with Crippen LogP contribution in [0.2, 0.25) is 0 Å². The first-order valence-electron chi connectivity index (χ1n) is 9.81. The van der Waals surface area contributed by atoms with Crippen molar-refractivity contribution in [3.05, 3.63) is 59.6 Å². The second-order valence-corrected chi connectivity index (χ2v) is 8.26. The number of thiophene rings is 1. The predicted molar refractivity (Wildman–Crippen MR) is 120 cm³/mol. The van der Waals surface area contributed by atoms with Crippen molar-refractivity contribution in [3.63, 3.8) is 0 Å². The van der Waals surface area contributed by atoms with Crippen LogP contribution in [0.3, 0.4) is 0 Å². The molecule has 0 bridgehead atoms. The van der Waals surface area contributed by atoms with Crippen LogP contribution in [0, 0.1) is 0 Å². The minimum atomic E-state index is -0.191. The topological polar surface area (TPSA) is 102 Å². The van der Waals surface area contributed by atoms with E-state index in [2.05, 4.69) is 20.6 Å². The van der Waals surface area contributed by atoms with E-state index in [0.29, 0.717) is 30.2 Å². The zero-order chi connectivity index (χ0) is 20.5. The monoisotopic (exact) mass is 419 g/mol. The lowest BCUT2D eigenvalue weighted by atomic mass is 10.1. The van der Waals surface area contributed by atoms with Gasteiger partial charge in [0.25, 0.3) is 5.91 Å². The number of nitrogens with zero attached hydrogens (tertiary/aromatic N) is 2. The second-order valence-electron chi connectivity index (χ2n) is 7.35. The van der Waals surface area contributed by atoms with Gasteiger partial charge in [-0.25, -0.2) is 9.97 Å². The average molecular weight is 420 g/mol. The van der Waals surface area contributed by atoms with Crippen molar-refractivity contribution in [2.24, 2.45) is 5.73 Å². The molecular formula is C22H21N5O2S. The Hall–Kier alpha value is -3.07. The number of carbonyl (C=O) groups excluding carboxylic acids is 1. The third kappa shape index (κ3) is 3.72. The Morgan fingerprint density at radius 3 is 2.93 bits per heavy atom. The molecule has 7 nitrogen and oxygen atoms in total. The lowest BCUT2D eigenvalue weighted by molar-refractivity contribution is 0.0751. The molecule has 1 amide bonds. The van der Waals surface area contributed by atoms with Gasteiger partial charge in [-0.15, -0.1) is 11.3 Å². The second kappa shape index (κ2) is 7.98. The van der Waals surface area contributed by atoms with Crippen LogP contribution < -0.4 is 16.4 Å². The van der Waals surface area contributed by atoms with Crippen molar-refractivity contribution in [1.29, 1.82) is 0 Å². The number of aromatic nitrogens is 2. The van der Waals surface area contributed by atoms with Crippen LogP contribution in [0.5, 0.6) is 0 Å². The number of ether oxygens (including phenoxy) is 1. The Morgan fingerprint density at radius 2 is 2.07 bits per heavy atom. The number of anilines is 2. The third-order valence-corrected chi connectivity index (χ3v) is 6.19. The number of nitrogens with one attached hydrogen (secondary N) is 2. The first kappa shape index (κ1) is 18.9. The van der Waals surface area contributed by atoms with Gasteiger partial charge < -0.3 is 21.1 Å². The Labute approximate surface area is 177 Å². The number of benzene rings is 2. The molecule has 3 heterocycles. The first-order chi connectivity index (χ1) is 14.7. The normalized spacial score (nSPS) is 19.1. The molecule has 1 fully saturated rings. The Balaban J connectivity index is 1.39. The van der Waals surface area contributed by atoms with Crippen LogP contribution in [0.25, 0.3) is 21.0 Å². The molecule has 0 radical (unpaired) electrons. The fourth-order valence-corrected chi connectivity index (χ4v) is 4.47. The summed E-state index contributed by atoms with van der Waals surface area (Å²) in [5.41, 5.74) is 8.03. The van der Waals surface area contributed by atoms with Gasteiger partial charge in [-0.05, 0) is 29.3 Å². The zero-order valence-electron chi connectivity index (χ0n) is 16.2. The fourth-order valence-electron chi connectivity index (χ4n) is 3.63. The van der Waals surface area contributed by atoms with Crippen LogP contribution in [0.4, 0.5) is 11.6 Å². The summed E-state index contributed by atoms with van der Waals surface area (Å²) in [4.78, 5) is 22.0. The van der Waals surface area contributed by atoms with E-state index in [1.807, 2.05) is 47.8 Å². The molecule has 8 heteroatoms. The molecule has 0 aliphatic carbocycles. The Morgan fingerprint density at radius 1 is 1.20 bits per heavy atom. The molecule has 152 valence electrons. The summed E-state index contributed by atoms with van der Waals surface area (Å²) in [7, 11) is 0. The van der Waals surface area contributed by atoms with E-state index in [0.717, 1.165) is 27.6 Å². The molecule has 4 aromatic rings. The number of hydrogen-bond acceptors (Lipinski definition) is 7. The maximum Gasteiger partial charge on any atom is 0.258 e. The van der Waals surface area contributed by atoms with Gasteiger partial charge in [0.05, 0.1) is 28.6 Å². The maximum atomic E-state index is 13.0. The molecule has 2 aromatic carbocycles. The summed E-state index contributed by atoms with van der Waals surface area (Å²) >= 11 is 1.45. The molecule has 4 N–H and O–H groups in total. The number of carbonyl (C=O) groups is 1. The molecule has 1 saturated heterocycles. The summed E-state index contributed by atoms with van der Waals surface area (Å²) in [5.74, 6) is 0.284. The van der Waals surface area contributed by atoms with Crippen LogP contribution >= 0.6 is 11.3 Å². The van der Waals surface area contributed by atoms with E-state index in [1.165, 1.54) is 11.3 Å². The van der Waals surface area contributed by atoms with Gasteiger partial charge in [0.15, 0.2) is 0 Å². The van der Waals surface area contributed by atoms with E-state index in [-0.39, 0.29) is 18.0 Å². The quantitative estimate of drug-likeness (QED) is 0.467. The highest BCUT2D eigenvalue weighted by atomic mass is 32.1. The number of amides is 1. The Bertz CT molecular complexity index is 1220. The van der Waals surface area contributed by atoms with E-state index >= 15 is 0 Å². The van der Waals surface area contributed by atoms with Crippen LogP contribution in [-0.2, 0) is 4.74 Å². The highest BCUT2D eigenvalue weighted by molar-refractivity contribution is 7.17. The first-order valence-corrected chi connectivity index (χ1v) is 10.7. The smallest absolute Gasteiger partial charge is 0.258 e. The molecule has 2 atom stereocenters. The van der Waals surface area contributed by atoms with Gasteiger partial charge in [0, 0.05) is 29.8 Å². The van der Waals surface area contributed by atoms with E-state index in [4.69, 9.17) is 10.5 Å². The van der Waals surface area contributed by atoms with Crippen molar-refractivity contribution in [1.82, 2.24) is 9.97 Å². The molecule has 0 saturated carbocycles. The SMILES string of the molecule is N[C@H]1COCC[C@H]1Nc1ncc2scc(C(=O)Nc3ccc4ccccc4c3)c2n1. The van der Waals surface area contributed by atoms with Crippen molar-refractivity contribution in [2.75, 3.05) is 23.8 Å². The van der Waals surface area contributed by atoms with Crippen LogP contribution in [0.15, 0.2) is 54.0 Å². The summed E-state index contributed by atoms with van der Waals surface area (Å²) in [6, 6.07) is 13.9. The van der Waals surface area contributed by atoms with Gasteiger partial charge in [-0.3, -0.25) is 4.79 Å². The van der Waals surface area contributed by atoms with Crippen molar-refractivity contribution >= 4 is 49.9 Å². The third-order valence-electron chi connectivity index (χ3n) is 5.28. The van der Waals surface area contributed by atoms with Gasteiger partial charge in [0.1, 0.15) is 0 Å². The number of rotatable bonds is 4. The summed E-state index contributed by atoms with van der Waals surface area (Å²) in [5, 5.41) is 10.3. The van der Waals surface area contributed by atoms with Crippen LogP contribution in [0.1, 0.15) is 16.8 Å². The van der Waals surface area contributed by atoms with E-state index in [9.17, 15) is 4.79 Å². The van der Waals surface area contributed by atoms with Gasteiger partial charge >= 0.3 is 0 Å². The van der Waals surface area contributed by atoms with Crippen molar-refractivity contribution < 1.29 is 9.53 Å². The van der Waals surface area contributed by atoms with Crippen molar-refractivity contribution in [2.45, 2.75) is 18.5 Å². The summed E-state index contributed by atoms with van der Waals surface area (Å²) in [6.07, 6.45) is 2.54. The number of hydrogen-bond donors (Lipinski definition) is 3. The molecule has 1 aliphatic heterocycles.